The predicted octanol–water partition coefficient (Wildman–Crippen LogP) is 3.30. The van der Waals surface area contributed by atoms with Crippen molar-refractivity contribution in [2.75, 3.05) is 16.8 Å². The Labute approximate surface area is 199 Å². The van der Waals surface area contributed by atoms with Crippen LogP contribution in [0.3, 0.4) is 0 Å². The monoisotopic (exact) mass is 480 g/mol. The molecule has 6 rings (SSSR count). The van der Waals surface area contributed by atoms with Crippen molar-refractivity contribution in [3.8, 4) is 0 Å². The molecule has 3 fully saturated rings. The fourth-order valence-corrected chi connectivity index (χ4v) is 6.74. The molecule has 0 aromatic heterocycles. The number of amides is 3. The second-order valence-corrected chi connectivity index (χ2v) is 9.87. The number of benzene rings is 2. The van der Waals surface area contributed by atoms with Crippen LogP contribution in [0.1, 0.15) is 29.5 Å². The molecule has 4 aliphatic rings. The third-order valence-corrected chi connectivity index (χ3v) is 8.42. The maximum atomic E-state index is 14.0. The van der Waals surface area contributed by atoms with Crippen LogP contribution in [0.15, 0.2) is 30.3 Å². The SMILES string of the molecule is Cc1ccc(N2C(=O)[C@H]3[C@H]4CCCN4[C@@]4(C(=O)Nc5c4ccc(Cl)c5C)[C@@H]3C2=O)cc1[N+](=O)[O-]. The number of anilines is 2. The first kappa shape index (κ1) is 21.2. The third kappa shape index (κ3) is 2.35. The highest BCUT2D eigenvalue weighted by molar-refractivity contribution is 6.32. The van der Waals surface area contributed by atoms with E-state index in [1.165, 1.54) is 12.1 Å². The summed E-state index contributed by atoms with van der Waals surface area (Å²) in [5.74, 6) is -2.87. The summed E-state index contributed by atoms with van der Waals surface area (Å²) in [4.78, 5) is 55.5. The van der Waals surface area contributed by atoms with E-state index in [0.29, 0.717) is 40.4 Å². The molecule has 4 aliphatic heterocycles. The van der Waals surface area contributed by atoms with Crippen molar-refractivity contribution < 1.29 is 19.3 Å². The van der Waals surface area contributed by atoms with Gasteiger partial charge in [-0.05, 0) is 50.9 Å². The standard InChI is InChI=1S/C24H21ClN4O5/c1-11-5-6-13(10-17(11)29(33)34)28-21(30)18-16-4-3-9-27(16)24(19(18)22(28)31)14-7-8-15(25)12(2)20(14)26-23(24)32/h5-8,10,16,18-19H,3-4,9H2,1-2H3,(H,26,32)/t16-,18+,19+,24-/m1/s1. The van der Waals surface area contributed by atoms with Crippen molar-refractivity contribution in [1.82, 2.24) is 4.90 Å². The van der Waals surface area contributed by atoms with Gasteiger partial charge in [-0.25, -0.2) is 4.90 Å². The number of nitrogens with one attached hydrogen (secondary N) is 1. The molecule has 34 heavy (non-hydrogen) atoms. The maximum absolute atomic E-state index is 14.0. The van der Waals surface area contributed by atoms with Gasteiger partial charge in [0, 0.05) is 28.3 Å². The molecule has 0 bridgehead atoms. The highest BCUT2D eigenvalue weighted by Gasteiger charge is 2.74. The van der Waals surface area contributed by atoms with Crippen LogP contribution >= 0.6 is 11.6 Å². The number of carbonyl (C=O) groups excluding carboxylic acids is 3. The van der Waals surface area contributed by atoms with Gasteiger partial charge in [-0.3, -0.25) is 29.4 Å². The average molecular weight is 481 g/mol. The van der Waals surface area contributed by atoms with Crippen LogP contribution in [0.4, 0.5) is 17.1 Å². The van der Waals surface area contributed by atoms with Gasteiger partial charge in [0.2, 0.25) is 17.7 Å². The lowest BCUT2D eigenvalue weighted by Gasteiger charge is -2.36. The summed E-state index contributed by atoms with van der Waals surface area (Å²) in [5.41, 5.74) is 1.09. The van der Waals surface area contributed by atoms with E-state index in [1.54, 1.807) is 25.1 Å². The number of carbonyl (C=O) groups is 3. The lowest BCUT2D eigenvalue weighted by Crippen LogP contribution is -2.54. The van der Waals surface area contributed by atoms with Crippen LogP contribution in [0.2, 0.25) is 5.02 Å². The molecule has 1 spiro atoms. The second kappa shape index (κ2) is 6.86. The Morgan fingerprint density at radius 1 is 1.15 bits per heavy atom. The number of rotatable bonds is 2. The highest BCUT2D eigenvalue weighted by Crippen LogP contribution is 2.61. The molecule has 0 saturated carbocycles. The van der Waals surface area contributed by atoms with Crippen molar-refractivity contribution >= 4 is 46.4 Å². The summed E-state index contributed by atoms with van der Waals surface area (Å²) in [5, 5.41) is 14.9. The molecule has 3 saturated heterocycles. The molecule has 4 heterocycles. The van der Waals surface area contributed by atoms with E-state index in [2.05, 4.69) is 5.32 Å². The summed E-state index contributed by atoms with van der Waals surface area (Å²) in [6.45, 7) is 4.01. The number of halogens is 1. The summed E-state index contributed by atoms with van der Waals surface area (Å²) >= 11 is 6.32. The van der Waals surface area contributed by atoms with E-state index in [4.69, 9.17) is 11.6 Å². The van der Waals surface area contributed by atoms with Gasteiger partial charge in [-0.15, -0.1) is 0 Å². The Kier molecular flexibility index (Phi) is 4.29. The van der Waals surface area contributed by atoms with Crippen LogP contribution in [-0.2, 0) is 19.9 Å². The number of nitrogens with zero attached hydrogens (tertiary/aromatic N) is 3. The molecule has 2 aromatic carbocycles. The van der Waals surface area contributed by atoms with Crippen molar-refractivity contribution in [3.05, 3.63) is 62.2 Å². The minimum absolute atomic E-state index is 0.160. The smallest absolute Gasteiger partial charge is 0.274 e. The average Bonchev–Trinajstić information content (AvgIpc) is 3.50. The topological polar surface area (TPSA) is 113 Å². The lowest BCUT2D eigenvalue weighted by molar-refractivity contribution is -0.385. The van der Waals surface area contributed by atoms with Crippen LogP contribution in [0, 0.1) is 35.8 Å². The van der Waals surface area contributed by atoms with Crippen molar-refractivity contribution in [2.45, 2.75) is 38.3 Å². The summed E-state index contributed by atoms with van der Waals surface area (Å²) < 4.78 is 0. The molecule has 0 aliphatic carbocycles. The zero-order chi connectivity index (χ0) is 24.1. The molecular formula is C24H21ClN4O5. The molecule has 0 radical (unpaired) electrons. The Bertz CT molecular complexity index is 1340. The van der Waals surface area contributed by atoms with Gasteiger partial charge in [0.1, 0.15) is 5.54 Å². The quantitative estimate of drug-likeness (QED) is 0.401. The number of hydrogen-bond donors (Lipinski definition) is 1. The number of hydrogen-bond acceptors (Lipinski definition) is 6. The maximum Gasteiger partial charge on any atom is 0.274 e. The molecule has 174 valence electrons. The molecule has 0 unspecified atom stereocenters. The molecule has 4 atom stereocenters. The zero-order valence-corrected chi connectivity index (χ0v) is 19.3. The van der Waals surface area contributed by atoms with Gasteiger partial charge in [0.05, 0.1) is 28.1 Å². The first-order valence-corrected chi connectivity index (χ1v) is 11.6. The fourth-order valence-electron chi connectivity index (χ4n) is 6.58. The molecule has 3 amide bonds. The Hall–Kier alpha value is -3.30. The molecule has 1 N–H and O–H groups in total. The van der Waals surface area contributed by atoms with Crippen LogP contribution in [0.25, 0.3) is 0 Å². The van der Waals surface area contributed by atoms with E-state index in [-0.39, 0.29) is 23.3 Å². The summed E-state index contributed by atoms with van der Waals surface area (Å²) in [7, 11) is 0. The Morgan fingerprint density at radius 2 is 1.91 bits per heavy atom. The van der Waals surface area contributed by atoms with Gasteiger partial charge in [-0.1, -0.05) is 23.7 Å². The van der Waals surface area contributed by atoms with Gasteiger partial charge < -0.3 is 5.32 Å². The lowest BCUT2D eigenvalue weighted by atomic mass is 9.75. The Morgan fingerprint density at radius 3 is 2.65 bits per heavy atom. The van der Waals surface area contributed by atoms with Crippen molar-refractivity contribution in [3.63, 3.8) is 0 Å². The van der Waals surface area contributed by atoms with Crippen LogP contribution < -0.4 is 10.2 Å². The molecule has 10 heteroatoms. The first-order valence-electron chi connectivity index (χ1n) is 11.2. The number of nitro benzene ring substituents is 1. The minimum atomic E-state index is -1.31. The van der Waals surface area contributed by atoms with Gasteiger partial charge >= 0.3 is 0 Å². The van der Waals surface area contributed by atoms with Gasteiger partial charge in [0.25, 0.3) is 5.69 Å². The van der Waals surface area contributed by atoms with Crippen LogP contribution in [-0.4, -0.2) is 40.1 Å². The molecule has 2 aromatic rings. The van der Waals surface area contributed by atoms with E-state index < -0.39 is 34.1 Å². The fraction of sp³-hybridized carbons (Fsp3) is 0.375. The number of imide groups is 1. The Balaban J connectivity index is 1.54. The third-order valence-electron chi connectivity index (χ3n) is 8.01. The van der Waals surface area contributed by atoms with Crippen molar-refractivity contribution in [2.24, 2.45) is 11.8 Å². The minimum Gasteiger partial charge on any atom is -0.324 e. The van der Waals surface area contributed by atoms with E-state index >= 15 is 0 Å². The predicted molar refractivity (Wildman–Crippen MR) is 124 cm³/mol. The zero-order valence-electron chi connectivity index (χ0n) is 18.5. The number of aryl methyl sites for hydroxylation is 1. The molecular weight excluding hydrogens is 460 g/mol. The van der Waals surface area contributed by atoms with E-state index in [0.717, 1.165) is 11.3 Å². The summed E-state index contributed by atoms with van der Waals surface area (Å²) in [6, 6.07) is 7.57. The number of fused-ring (bicyclic) bond motifs is 7. The summed E-state index contributed by atoms with van der Waals surface area (Å²) in [6.07, 6.45) is 1.50. The van der Waals surface area contributed by atoms with Gasteiger partial charge in [0.15, 0.2) is 0 Å². The second-order valence-electron chi connectivity index (χ2n) is 9.46. The highest BCUT2D eigenvalue weighted by atomic mass is 35.5. The normalized spacial score (nSPS) is 29.6. The first-order chi connectivity index (χ1) is 16.2. The number of nitro groups is 1. The molecule has 9 nitrogen and oxygen atoms in total. The van der Waals surface area contributed by atoms with Gasteiger partial charge in [-0.2, -0.15) is 0 Å². The largest absolute Gasteiger partial charge is 0.324 e. The van der Waals surface area contributed by atoms with E-state index in [1.807, 2.05) is 11.8 Å². The van der Waals surface area contributed by atoms with Crippen LogP contribution in [0.5, 0.6) is 0 Å². The van der Waals surface area contributed by atoms with Crippen molar-refractivity contribution in [1.29, 1.82) is 0 Å². The van der Waals surface area contributed by atoms with E-state index in [9.17, 15) is 24.5 Å².